The first-order valence-electron chi connectivity index (χ1n) is 7.69. The lowest BCUT2D eigenvalue weighted by atomic mass is 10.1. The first-order chi connectivity index (χ1) is 11.3. The summed E-state index contributed by atoms with van der Waals surface area (Å²) in [4.78, 5) is 12.6. The van der Waals surface area contributed by atoms with Gasteiger partial charge in [-0.25, -0.2) is 12.7 Å². The average Bonchev–Trinajstić information content (AvgIpc) is 2.56. The van der Waals surface area contributed by atoms with E-state index in [-0.39, 0.29) is 10.8 Å². The Balaban J connectivity index is 2.22. The number of carbonyl (C=O) groups is 1. The summed E-state index contributed by atoms with van der Waals surface area (Å²) in [5.41, 5.74) is 3.30. The number of sulfonamides is 1. The lowest BCUT2D eigenvalue weighted by Crippen LogP contribution is -2.22. The van der Waals surface area contributed by atoms with E-state index in [0.717, 1.165) is 27.5 Å². The van der Waals surface area contributed by atoms with Gasteiger partial charge >= 0.3 is 0 Å². The van der Waals surface area contributed by atoms with Crippen molar-refractivity contribution < 1.29 is 13.2 Å². The molecule has 0 saturated carbocycles. The number of nitrogens with zero attached hydrogens (tertiary/aromatic N) is 1. The number of amides is 1. The van der Waals surface area contributed by atoms with Crippen molar-refractivity contribution in [1.29, 1.82) is 0 Å². The van der Waals surface area contributed by atoms with Crippen LogP contribution in [0.5, 0.6) is 0 Å². The summed E-state index contributed by atoms with van der Waals surface area (Å²) in [5, 5.41) is 2.88. The Morgan fingerprint density at radius 3 is 2.25 bits per heavy atom. The van der Waals surface area contributed by atoms with Crippen molar-refractivity contribution in [1.82, 2.24) is 4.31 Å². The molecule has 1 amide bonds. The maximum atomic E-state index is 12.4. The molecule has 6 heteroatoms. The Kier molecular flexibility index (Phi) is 5.41. The van der Waals surface area contributed by atoms with Gasteiger partial charge in [-0.15, -0.1) is 0 Å². The van der Waals surface area contributed by atoms with Crippen LogP contribution >= 0.6 is 0 Å². The molecule has 128 valence electrons. The lowest BCUT2D eigenvalue weighted by Gasteiger charge is -2.12. The summed E-state index contributed by atoms with van der Waals surface area (Å²) < 4.78 is 25.2. The fourth-order valence-corrected chi connectivity index (χ4v) is 3.11. The standard InChI is InChI=1S/C18H22N2O3S/c1-5-14-7-6-13(2)17(12-14)19-18(21)15-8-10-16(11-9-15)24(22,23)20(3)4/h6-12H,5H2,1-4H3,(H,19,21). The van der Waals surface area contributed by atoms with Crippen LogP contribution in [0, 0.1) is 6.92 Å². The van der Waals surface area contributed by atoms with E-state index in [2.05, 4.69) is 12.2 Å². The molecule has 0 aliphatic rings. The maximum absolute atomic E-state index is 12.4. The SMILES string of the molecule is CCc1ccc(C)c(NC(=O)c2ccc(S(=O)(=O)N(C)C)cc2)c1. The number of hydrogen-bond acceptors (Lipinski definition) is 3. The van der Waals surface area contributed by atoms with Crippen molar-refractivity contribution in [2.45, 2.75) is 25.2 Å². The number of anilines is 1. The third-order valence-electron chi connectivity index (χ3n) is 3.85. The molecule has 0 bridgehead atoms. The highest BCUT2D eigenvalue weighted by molar-refractivity contribution is 7.89. The van der Waals surface area contributed by atoms with Gasteiger partial charge in [0.1, 0.15) is 0 Å². The second kappa shape index (κ2) is 7.15. The van der Waals surface area contributed by atoms with Crippen LogP contribution in [0.1, 0.15) is 28.4 Å². The van der Waals surface area contributed by atoms with Gasteiger partial charge in [0.2, 0.25) is 10.0 Å². The van der Waals surface area contributed by atoms with E-state index in [1.807, 2.05) is 25.1 Å². The van der Waals surface area contributed by atoms with Crippen LogP contribution < -0.4 is 5.32 Å². The summed E-state index contributed by atoms with van der Waals surface area (Å²) in [6, 6.07) is 11.9. The Morgan fingerprint density at radius 1 is 1.08 bits per heavy atom. The molecular formula is C18H22N2O3S. The summed E-state index contributed by atoms with van der Waals surface area (Å²) in [6.07, 6.45) is 0.889. The van der Waals surface area contributed by atoms with Crippen LogP contribution in [0.15, 0.2) is 47.4 Å². The molecule has 24 heavy (non-hydrogen) atoms. The van der Waals surface area contributed by atoms with Crippen molar-refractivity contribution in [2.24, 2.45) is 0 Å². The molecule has 2 rings (SSSR count). The van der Waals surface area contributed by atoms with E-state index in [0.29, 0.717) is 5.56 Å². The van der Waals surface area contributed by atoms with Crippen LogP contribution in [0.4, 0.5) is 5.69 Å². The topological polar surface area (TPSA) is 66.5 Å². The van der Waals surface area contributed by atoms with Crippen LogP contribution in [-0.2, 0) is 16.4 Å². The van der Waals surface area contributed by atoms with Gasteiger partial charge in [0.05, 0.1) is 4.90 Å². The highest BCUT2D eigenvalue weighted by atomic mass is 32.2. The maximum Gasteiger partial charge on any atom is 0.255 e. The van der Waals surface area contributed by atoms with Crippen LogP contribution in [0.2, 0.25) is 0 Å². The van der Waals surface area contributed by atoms with Gasteiger partial charge in [-0.2, -0.15) is 0 Å². The normalized spacial score (nSPS) is 11.5. The summed E-state index contributed by atoms with van der Waals surface area (Å²) in [6.45, 7) is 3.99. The smallest absolute Gasteiger partial charge is 0.255 e. The van der Waals surface area contributed by atoms with Gasteiger partial charge < -0.3 is 5.32 Å². The van der Waals surface area contributed by atoms with E-state index in [1.54, 1.807) is 0 Å². The number of rotatable bonds is 5. The second-order valence-corrected chi connectivity index (χ2v) is 7.92. The molecule has 0 spiro atoms. The van der Waals surface area contributed by atoms with E-state index in [1.165, 1.54) is 38.4 Å². The molecule has 0 atom stereocenters. The Hall–Kier alpha value is -2.18. The number of carbonyl (C=O) groups excluding carboxylic acids is 1. The summed E-state index contributed by atoms with van der Waals surface area (Å²) in [5.74, 6) is -0.264. The molecule has 0 fully saturated rings. The van der Waals surface area contributed by atoms with Crippen molar-refractivity contribution in [3.63, 3.8) is 0 Å². The molecule has 1 N–H and O–H groups in total. The third-order valence-corrected chi connectivity index (χ3v) is 5.68. The van der Waals surface area contributed by atoms with Gasteiger partial charge in [-0.1, -0.05) is 19.1 Å². The third kappa shape index (κ3) is 3.83. The Morgan fingerprint density at radius 2 is 1.71 bits per heavy atom. The van der Waals surface area contributed by atoms with Crippen molar-refractivity contribution in [2.75, 3.05) is 19.4 Å². The molecule has 0 radical (unpaired) electrons. The number of aryl methyl sites for hydroxylation is 2. The Bertz CT molecular complexity index is 841. The van der Waals surface area contributed by atoms with E-state index in [4.69, 9.17) is 0 Å². The molecule has 2 aromatic carbocycles. The highest BCUT2D eigenvalue weighted by Gasteiger charge is 2.17. The summed E-state index contributed by atoms with van der Waals surface area (Å²) in [7, 11) is -0.549. The quantitative estimate of drug-likeness (QED) is 0.905. The van der Waals surface area contributed by atoms with Crippen molar-refractivity contribution in [3.05, 3.63) is 59.2 Å². The molecule has 2 aromatic rings. The fourth-order valence-electron chi connectivity index (χ4n) is 2.21. The molecular weight excluding hydrogens is 324 g/mol. The first kappa shape index (κ1) is 18.2. The van der Waals surface area contributed by atoms with E-state index >= 15 is 0 Å². The fraction of sp³-hybridized carbons (Fsp3) is 0.278. The molecule has 0 unspecified atom stereocenters. The predicted molar refractivity (Wildman–Crippen MR) is 95.8 cm³/mol. The largest absolute Gasteiger partial charge is 0.322 e. The zero-order chi connectivity index (χ0) is 17.9. The molecule has 0 saturated heterocycles. The minimum atomic E-state index is -3.49. The minimum Gasteiger partial charge on any atom is -0.322 e. The molecule has 0 aliphatic heterocycles. The van der Waals surface area contributed by atoms with Gasteiger partial charge in [0, 0.05) is 25.3 Å². The minimum absolute atomic E-state index is 0.160. The average molecular weight is 346 g/mol. The molecule has 0 aliphatic carbocycles. The molecule has 0 heterocycles. The van der Waals surface area contributed by atoms with E-state index in [9.17, 15) is 13.2 Å². The second-order valence-electron chi connectivity index (χ2n) is 5.77. The monoisotopic (exact) mass is 346 g/mol. The highest BCUT2D eigenvalue weighted by Crippen LogP contribution is 2.19. The van der Waals surface area contributed by atoms with Crippen LogP contribution in [0.25, 0.3) is 0 Å². The first-order valence-corrected chi connectivity index (χ1v) is 9.13. The lowest BCUT2D eigenvalue weighted by molar-refractivity contribution is 0.102. The van der Waals surface area contributed by atoms with Crippen molar-refractivity contribution >= 4 is 21.6 Å². The zero-order valence-electron chi connectivity index (χ0n) is 14.3. The van der Waals surface area contributed by atoms with E-state index < -0.39 is 10.0 Å². The predicted octanol–water partition coefficient (Wildman–Crippen LogP) is 3.06. The number of nitrogens with one attached hydrogen (secondary N) is 1. The molecule has 0 aromatic heterocycles. The molecule has 5 nitrogen and oxygen atoms in total. The van der Waals surface area contributed by atoms with Gasteiger partial charge in [0.15, 0.2) is 0 Å². The van der Waals surface area contributed by atoms with Gasteiger partial charge in [0.25, 0.3) is 5.91 Å². The zero-order valence-corrected chi connectivity index (χ0v) is 15.1. The van der Waals surface area contributed by atoms with Crippen LogP contribution in [0.3, 0.4) is 0 Å². The van der Waals surface area contributed by atoms with Crippen LogP contribution in [-0.4, -0.2) is 32.7 Å². The number of benzene rings is 2. The Labute approximate surface area is 143 Å². The van der Waals surface area contributed by atoms with Gasteiger partial charge in [-0.05, 0) is 54.8 Å². The summed E-state index contributed by atoms with van der Waals surface area (Å²) >= 11 is 0. The number of hydrogen-bond donors (Lipinski definition) is 1. The van der Waals surface area contributed by atoms with Crippen molar-refractivity contribution in [3.8, 4) is 0 Å². The van der Waals surface area contributed by atoms with Gasteiger partial charge in [-0.3, -0.25) is 4.79 Å².